The number of allylic oxidation sites excluding steroid dienone is 1. The summed E-state index contributed by atoms with van der Waals surface area (Å²) in [4.78, 5) is 0. The number of ether oxygens (including phenoxy) is 2. The first-order chi connectivity index (χ1) is 8.16. The maximum Gasteiger partial charge on any atom is 0.231 e. The quantitative estimate of drug-likeness (QED) is 0.684. The monoisotopic (exact) mass is 297 g/mol. The predicted octanol–water partition coefficient (Wildman–Crippen LogP) is 3.23. The second-order valence-electron chi connectivity index (χ2n) is 4.22. The van der Waals surface area contributed by atoms with Gasteiger partial charge in [0.05, 0.1) is 4.47 Å². The van der Waals surface area contributed by atoms with E-state index < -0.39 is 0 Å². The molecule has 1 aromatic carbocycles. The van der Waals surface area contributed by atoms with E-state index in [0.29, 0.717) is 6.79 Å². The number of nitrogens with one attached hydrogen (secondary N) is 1. The molecule has 0 radical (unpaired) electrons. The van der Waals surface area contributed by atoms with Gasteiger partial charge in [-0.1, -0.05) is 11.6 Å². The Morgan fingerprint density at radius 2 is 2.24 bits per heavy atom. The Kier molecular flexibility index (Phi) is 4.07. The lowest BCUT2D eigenvalue weighted by Gasteiger charge is -2.06. The van der Waals surface area contributed by atoms with E-state index in [1.54, 1.807) is 0 Å². The summed E-state index contributed by atoms with van der Waals surface area (Å²) in [6, 6.07) is 4.08. The summed E-state index contributed by atoms with van der Waals surface area (Å²) < 4.78 is 11.7. The van der Waals surface area contributed by atoms with Gasteiger partial charge in [0.15, 0.2) is 11.5 Å². The highest BCUT2D eigenvalue weighted by Gasteiger charge is 2.17. The number of benzene rings is 1. The zero-order valence-corrected chi connectivity index (χ0v) is 11.6. The molecule has 2 rings (SSSR count). The zero-order chi connectivity index (χ0) is 12.3. The van der Waals surface area contributed by atoms with E-state index >= 15 is 0 Å². The molecule has 1 aliphatic heterocycles. The molecule has 92 valence electrons. The molecule has 1 heterocycles. The molecule has 1 N–H and O–H groups in total. The minimum Gasteiger partial charge on any atom is -0.454 e. The van der Waals surface area contributed by atoms with Crippen molar-refractivity contribution in [1.82, 2.24) is 5.32 Å². The van der Waals surface area contributed by atoms with Crippen molar-refractivity contribution in [2.45, 2.75) is 20.4 Å². The van der Waals surface area contributed by atoms with Crippen LogP contribution in [0.3, 0.4) is 0 Å². The largest absolute Gasteiger partial charge is 0.454 e. The van der Waals surface area contributed by atoms with Crippen molar-refractivity contribution >= 4 is 15.9 Å². The van der Waals surface area contributed by atoms with Crippen molar-refractivity contribution in [1.29, 1.82) is 0 Å². The van der Waals surface area contributed by atoms with Gasteiger partial charge < -0.3 is 14.8 Å². The summed E-state index contributed by atoms with van der Waals surface area (Å²) in [5, 5.41) is 3.36. The van der Waals surface area contributed by atoms with Gasteiger partial charge in [-0.2, -0.15) is 0 Å². The Bertz CT molecular complexity index is 439. The van der Waals surface area contributed by atoms with Crippen molar-refractivity contribution in [3.8, 4) is 11.5 Å². The summed E-state index contributed by atoms with van der Waals surface area (Å²) in [6.45, 7) is 6.20. The van der Waals surface area contributed by atoms with Crippen LogP contribution in [-0.4, -0.2) is 13.3 Å². The Morgan fingerprint density at radius 1 is 1.41 bits per heavy atom. The summed E-state index contributed by atoms with van der Waals surface area (Å²) in [7, 11) is 0. The summed E-state index contributed by atoms with van der Waals surface area (Å²) in [6.07, 6.45) is 2.17. The van der Waals surface area contributed by atoms with Crippen molar-refractivity contribution in [3.63, 3.8) is 0 Å². The molecule has 0 fully saturated rings. The molecule has 3 nitrogen and oxygen atoms in total. The maximum absolute atomic E-state index is 5.37. The third-order valence-corrected chi connectivity index (χ3v) is 3.06. The number of rotatable bonds is 4. The number of fused-ring (bicyclic) bond motifs is 1. The van der Waals surface area contributed by atoms with Gasteiger partial charge >= 0.3 is 0 Å². The Hall–Kier alpha value is -1.00. The van der Waals surface area contributed by atoms with Gasteiger partial charge in [0.25, 0.3) is 0 Å². The van der Waals surface area contributed by atoms with Crippen LogP contribution >= 0.6 is 15.9 Å². The smallest absolute Gasteiger partial charge is 0.231 e. The first-order valence-electron chi connectivity index (χ1n) is 5.59. The molecule has 0 amide bonds. The average molecular weight is 298 g/mol. The van der Waals surface area contributed by atoms with Gasteiger partial charge in [-0.3, -0.25) is 0 Å². The number of halogens is 1. The van der Waals surface area contributed by atoms with E-state index in [1.165, 1.54) is 11.1 Å². The molecule has 0 aromatic heterocycles. The van der Waals surface area contributed by atoms with Crippen LogP contribution in [0.5, 0.6) is 11.5 Å². The maximum atomic E-state index is 5.37. The highest BCUT2D eigenvalue weighted by atomic mass is 79.9. The fourth-order valence-corrected chi connectivity index (χ4v) is 2.22. The van der Waals surface area contributed by atoms with Crippen LogP contribution in [0.1, 0.15) is 19.4 Å². The third kappa shape index (κ3) is 3.23. The normalized spacial score (nSPS) is 12.6. The molecular weight excluding hydrogens is 282 g/mol. The molecule has 0 saturated heterocycles. The molecule has 4 heteroatoms. The predicted molar refractivity (Wildman–Crippen MR) is 71.4 cm³/mol. The van der Waals surface area contributed by atoms with E-state index in [2.05, 4.69) is 47.2 Å². The molecule has 0 atom stereocenters. The SMILES string of the molecule is CC(C)=CCNCc1cc(Br)c2c(c1)OCO2. The van der Waals surface area contributed by atoms with Crippen LogP contribution in [0.4, 0.5) is 0 Å². The van der Waals surface area contributed by atoms with Crippen molar-refractivity contribution in [3.05, 3.63) is 33.8 Å². The van der Waals surface area contributed by atoms with Crippen molar-refractivity contribution < 1.29 is 9.47 Å². The fraction of sp³-hybridized carbons (Fsp3) is 0.385. The van der Waals surface area contributed by atoms with Gasteiger partial charge in [0, 0.05) is 13.1 Å². The van der Waals surface area contributed by atoms with Crippen molar-refractivity contribution in [2.75, 3.05) is 13.3 Å². The van der Waals surface area contributed by atoms with E-state index in [9.17, 15) is 0 Å². The van der Waals surface area contributed by atoms with Crippen LogP contribution in [-0.2, 0) is 6.54 Å². The number of hydrogen-bond donors (Lipinski definition) is 1. The van der Waals surface area contributed by atoms with Crippen LogP contribution in [0.15, 0.2) is 28.3 Å². The second kappa shape index (κ2) is 5.56. The lowest BCUT2D eigenvalue weighted by Crippen LogP contribution is -2.13. The highest BCUT2D eigenvalue weighted by Crippen LogP contribution is 2.39. The van der Waals surface area contributed by atoms with Gasteiger partial charge in [-0.25, -0.2) is 0 Å². The summed E-state index contributed by atoms with van der Waals surface area (Å²) in [5.41, 5.74) is 2.51. The molecule has 0 unspecified atom stereocenters. The third-order valence-electron chi connectivity index (χ3n) is 2.47. The molecule has 0 saturated carbocycles. The molecule has 17 heavy (non-hydrogen) atoms. The fourth-order valence-electron chi connectivity index (χ4n) is 1.62. The summed E-state index contributed by atoms with van der Waals surface area (Å²) >= 11 is 3.49. The number of hydrogen-bond acceptors (Lipinski definition) is 3. The van der Waals surface area contributed by atoms with Gasteiger partial charge in [-0.15, -0.1) is 0 Å². The molecule has 0 aliphatic carbocycles. The van der Waals surface area contributed by atoms with Gasteiger partial charge in [-0.05, 0) is 47.5 Å². The standard InChI is InChI=1S/C13H16BrNO2/c1-9(2)3-4-15-7-10-5-11(14)13-12(6-10)16-8-17-13/h3,5-6,15H,4,7-8H2,1-2H3. The van der Waals surface area contributed by atoms with E-state index in [4.69, 9.17) is 9.47 Å². The van der Waals surface area contributed by atoms with Crippen LogP contribution in [0.25, 0.3) is 0 Å². The van der Waals surface area contributed by atoms with Crippen LogP contribution in [0.2, 0.25) is 0 Å². The minimum atomic E-state index is 0.308. The minimum absolute atomic E-state index is 0.308. The first kappa shape index (κ1) is 12.5. The van der Waals surface area contributed by atoms with E-state index in [0.717, 1.165) is 29.1 Å². The highest BCUT2D eigenvalue weighted by molar-refractivity contribution is 9.10. The van der Waals surface area contributed by atoms with E-state index in [1.807, 2.05) is 6.07 Å². The lowest BCUT2D eigenvalue weighted by molar-refractivity contribution is 0.173. The molecule has 1 aliphatic rings. The molecule has 0 spiro atoms. The van der Waals surface area contributed by atoms with Gasteiger partial charge in [0.1, 0.15) is 0 Å². The first-order valence-corrected chi connectivity index (χ1v) is 6.38. The van der Waals surface area contributed by atoms with E-state index in [-0.39, 0.29) is 0 Å². The molecule has 1 aromatic rings. The Morgan fingerprint density at radius 3 is 3.00 bits per heavy atom. The Balaban J connectivity index is 1.98. The van der Waals surface area contributed by atoms with Crippen LogP contribution < -0.4 is 14.8 Å². The topological polar surface area (TPSA) is 30.5 Å². The second-order valence-corrected chi connectivity index (χ2v) is 5.08. The van der Waals surface area contributed by atoms with Crippen molar-refractivity contribution in [2.24, 2.45) is 0 Å². The van der Waals surface area contributed by atoms with Crippen LogP contribution in [0, 0.1) is 0 Å². The zero-order valence-electron chi connectivity index (χ0n) is 10.0. The molecule has 0 bridgehead atoms. The van der Waals surface area contributed by atoms with Gasteiger partial charge in [0.2, 0.25) is 6.79 Å². The lowest BCUT2D eigenvalue weighted by atomic mass is 10.2. The summed E-state index contributed by atoms with van der Waals surface area (Å²) in [5.74, 6) is 1.62. The Labute approximate surface area is 110 Å². The average Bonchev–Trinajstić information content (AvgIpc) is 2.72. The molecular formula is C13H16BrNO2.